The van der Waals surface area contributed by atoms with Gasteiger partial charge in [-0.15, -0.1) is 0 Å². The van der Waals surface area contributed by atoms with E-state index in [1.54, 1.807) is 23.5 Å². The number of rotatable bonds is 6. The highest BCUT2D eigenvalue weighted by Crippen LogP contribution is 2.11. The standard InChI is InChI=1S/C16H27N5O/c1-14(21-10-8-19(2)9-11-21)4-5-16(22)20(3)13-15-12-17-6-7-18-15/h6-7,12,14H,4-5,8-11,13H2,1-3H3/t14-/m0/s1. The minimum atomic E-state index is 0.173. The molecule has 1 fully saturated rings. The van der Waals surface area contributed by atoms with Crippen LogP contribution in [0.2, 0.25) is 0 Å². The van der Waals surface area contributed by atoms with Crippen LogP contribution in [0, 0.1) is 0 Å². The molecule has 1 saturated heterocycles. The Hall–Kier alpha value is -1.53. The van der Waals surface area contributed by atoms with E-state index in [1.165, 1.54) is 0 Å². The average molecular weight is 305 g/mol. The Morgan fingerprint density at radius 3 is 2.68 bits per heavy atom. The Morgan fingerprint density at radius 1 is 1.32 bits per heavy atom. The van der Waals surface area contributed by atoms with Crippen molar-refractivity contribution in [1.82, 2.24) is 24.7 Å². The Kier molecular flexibility index (Phi) is 6.27. The van der Waals surface area contributed by atoms with Crippen LogP contribution in [-0.4, -0.2) is 76.9 Å². The topological polar surface area (TPSA) is 52.6 Å². The number of hydrogen-bond acceptors (Lipinski definition) is 5. The normalized spacial score (nSPS) is 18.1. The number of nitrogens with zero attached hydrogens (tertiary/aromatic N) is 5. The molecule has 1 atom stereocenters. The predicted molar refractivity (Wildman–Crippen MR) is 86.3 cm³/mol. The second-order valence-corrected chi connectivity index (χ2v) is 6.17. The second kappa shape index (κ2) is 8.19. The molecule has 1 aromatic heterocycles. The van der Waals surface area contributed by atoms with Crippen LogP contribution in [0.3, 0.4) is 0 Å². The fourth-order valence-electron chi connectivity index (χ4n) is 2.71. The van der Waals surface area contributed by atoms with Crippen LogP contribution in [-0.2, 0) is 11.3 Å². The van der Waals surface area contributed by atoms with E-state index in [0.29, 0.717) is 19.0 Å². The summed E-state index contributed by atoms with van der Waals surface area (Å²) in [5.41, 5.74) is 0.825. The fourth-order valence-corrected chi connectivity index (χ4v) is 2.71. The molecule has 1 aliphatic heterocycles. The highest BCUT2D eigenvalue weighted by atomic mass is 16.2. The molecule has 22 heavy (non-hydrogen) atoms. The van der Waals surface area contributed by atoms with Gasteiger partial charge < -0.3 is 9.80 Å². The number of hydrogen-bond donors (Lipinski definition) is 0. The van der Waals surface area contributed by atoms with E-state index in [9.17, 15) is 4.79 Å². The van der Waals surface area contributed by atoms with E-state index in [-0.39, 0.29) is 5.91 Å². The van der Waals surface area contributed by atoms with Gasteiger partial charge in [-0.25, -0.2) is 0 Å². The van der Waals surface area contributed by atoms with Gasteiger partial charge >= 0.3 is 0 Å². The van der Waals surface area contributed by atoms with Crippen LogP contribution >= 0.6 is 0 Å². The predicted octanol–water partition coefficient (Wildman–Crippen LogP) is 0.851. The van der Waals surface area contributed by atoms with Crippen molar-refractivity contribution in [2.24, 2.45) is 0 Å². The molecule has 1 aliphatic rings. The van der Waals surface area contributed by atoms with Crippen LogP contribution in [0.4, 0.5) is 0 Å². The summed E-state index contributed by atoms with van der Waals surface area (Å²) in [6.45, 7) is 7.18. The molecule has 0 N–H and O–H groups in total. The molecule has 2 rings (SSSR count). The summed E-state index contributed by atoms with van der Waals surface area (Å²) in [6.07, 6.45) is 6.50. The molecule has 0 unspecified atom stereocenters. The molecule has 0 radical (unpaired) electrons. The minimum Gasteiger partial charge on any atom is -0.340 e. The summed E-state index contributed by atoms with van der Waals surface area (Å²) in [5.74, 6) is 0.173. The quantitative estimate of drug-likeness (QED) is 0.780. The largest absolute Gasteiger partial charge is 0.340 e. The van der Waals surface area contributed by atoms with Crippen molar-refractivity contribution < 1.29 is 4.79 Å². The van der Waals surface area contributed by atoms with Gasteiger partial charge in [0.1, 0.15) is 0 Å². The van der Waals surface area contributed by atoms with Crippen molar-refractivity contribution in [1.29, 1.82) is 0 Å². The van der Waals surface area contributed by atoms with Crippen molar-refractivity contribution in [3.63, 3.8) is 0 Å². The van der Waals surface area contributed by atoms with Crippen LogP contribution in [0.25, 0.3) is 0 Å². The molecule has 0 spiro atoms. The lowest BCUT2D eigenvalue weighted by Crippen LogP contribution is -2.48. The van der Waals surface area contributed by atoms with Gasteiger partial charge in [0, 0.05) is 58.1 Å². The summed E-state index contributed by atoms with van der Waals surface area (Å²) >= 11 is 0. The van der Waals surface area contributed by atoms with E-state index < -0.39 is 0 Å². The molecule has 6 heteroatoms. The van der Waals surface area contributed by atoms with Gasteiger partial charge in [-0.05, 0) is 20.4 Å². The summed E-state index contributed by atoms with van der Waals surface area (Å²) < 4.78 is 0. The SMILES string of the molecule is C[C@@H](CCC(=O)N(C)Cc1cnccn1)N1CCN(C)CC1. The lowest BCUT2D eigenvalue weighted by Gasteiger charge is -2.36. The molecule has 122 valence electrons. The summed E-state index contributed by atoms with van der Waals surface area (Å²) in [7, 11) is 3.99. The van der Waals surface area contributed by atoms with E-state index in [0.717, 1.165) is 38.3 Å². The summed E-state index contributed by atoms with van der Waals surface area (Å²) in [5, 5.41) is 0. The first-order valence-corrected chi connectivity index (χ1v) is 7.97. The van der Waals surface area contributed by atoms with Crippen molar-refractivity contribution in [3.8, 4) is 0 Å². The third-order valence-corrected chi connectivity index (χ3v) is 4.38. The van der Waals surface area contributed by atoms with E-state index >= 15 is 0 Å². The Morgan fingerprint density at radius 2 is 2.05 bits per heavy atom. The summed E-state index contributed by atoms with van der Waals surface area (Å²) in [6, 6.07) is 0.461. The van der Waals surface area contributed by atoms with Gasteiger partial charge in [0.25, 0.3) is 0 Å². The maximum absolute atomic E-state index is 12.2. The molecular formula is C16H27N5O. The first-order valence-electron chi connectivity index (χ1n) is 7.97. The van der Waals surface area contributed by atoms with Crippen molar-refractivity contribution >= 4 is 5.91 Å². The Balaban J connectivity index is 1.72. The van der Waals surface area contributed by atoms with Crippen molar-refractivity contribution in [3.05, 3.63) is 24.3 Å². The van der Waals surface area contributed by atoms with Gasteiger partial charge in [-0.3, -0.25) is 19.7 Å². The van der Waals surface area contributed by atoms with E-state index in [4.69, 9.17) is 0 Å². The third kappa shape index (κ3) is 5.03. The zero-order chi connectivity index (χ0) is 15.9. The number of piperazine rings is 1. The minimum absolute atomic E-state index is 0.173. The highest BCUT2D eigenvalue weighted by molar-refractivity contribution is 5.75. The molecule has 0 aromatic carbocycles. The number of likely N-dealkylation sites (N-methyl/N-ethyl adjacent to an activating group) is 1. The molecule has 0 aliphatic carbocycles. The number of aromatic nitrogens is 2. The monoisotopic (exact) mass is 305 g/mol. The maximum Gasteiger partial charge on any atom is 0.222 e. The van der Waals surface area contributed by atoms with Gasteiger partial charge in [-0.2, -0.15) is 0 Å². The molecule has 0 saturated carbocycles. The molecule has 6 nitrogen and oxygen atoms in total. The summed E-state index contributed by atoms with van der Waals surface area (Å²) in [4.78, 5) is 27.0. The van der Waals surface area contributed by atoms with Gasteiger partial charge in [0.15, 0.2) is 0 Å². The lowest BCUT2D eigenvalue weighted by molar-refractivity contribution is -0.130. The smallest absolute Gasteiger partial charge is 0.222 e. The number of amides is 1. The fraction of sp³-hybridized carbons (Fsp3) is 0.688. The Bertz CT molecular complexity index is 459. The average Bonchev–Trinajstić information content (AvgIpc) is 2.53. The zero-order valence-electron chi connectivity index (χ0n) is 13.9. The van der Waals surface area contributed by atoms with Gasteiger partial charge in [0.05, 0.1) is 18.4 Å². The van der Waals surface area contributed by atoms with Crippen molar-refractivity contribution in [2.45, 2.75) is 32.4 Å². The van der Waals surface area contributed by atoms with Gasteiger partial charge in [0.2, 0.25) is 5.91 Å². The van der Waals surface area contributed by atoms with Crippen LogP contribution in [0.1, 0.15) is 25.5 Å². The van der Waals surface area contributed by atoms with Crippen LogP contribution in [0.5, 0.6) is 0 Å². The van der Waals surface area contributed by atoms with E-state index in [2.05, 4.69) is 33.7 Å². The molecule has 2 heterocycles. The molecule has 0 bridgehead atoms. The van der Waals surface area contributed by atoms with Crippen LogP contribution < -0.4 is 0 Å². The van der Waals surface area contributed by atoms with Gasteiger partial charge in [-0.1, -0.05) is 0 Å². The second-order valence-electron chi connectivity index (χ2n) is 6.17. The van der Waals surface area contributed by atoms with Crippen molar-refractivity contribution in [2.75, 3.05) is 40.3 Å². The number of carbonyl (C=O) groups excluding carboxylic acids is 1. The molecule has 1 aromatic rings. The Labute approximate surface area is 133 Å². The highest BCUT2D eigenvalue weighted by Gasteiger charge is 2.20. The van der Waals surface area contributed by atoms with Crippen LogP contribution in [0.15, 0.2) is 18.6 Å². The zero-order valence-corrected chi connectivity index (χ0v) is 13.9. The third-order valence-electron chi connectivity index (χ3n) is 4.38. The maximum atomic E-state index is 12.2. The number of carbonyl (C=O) groups is 1. The molecule has 1 amide bonds. The first-order chi connectivity index (χ1) is 10.6. The first kappa shape index (κ1) is 16.8. The van der Waals surface area contributed by atoms with E-state index in [1.807, 2.05) is 7.05 Å². The molecular weight excluding hydrogens is 278 g/mol. The lowest BCUT2D eigenvalue weighted by atomic mass is 10.1.